The van der Waals surface area contributed by atoms with Crippen molar-refractivity contribution >= 4 is 52.2 Å². The minimum absolute atomic E-state index is 0. The number of guanidine groups is 1. The minimum atomic E-state index is -0.117. The van der Waals surface area contributed by atoms with Crippen molar-refractivity contribution in [3.63, 3.8) is 0 Å². The Kier molecular flexibility index (Phi) is 8.92. The van der Waals surface area contributed by atoms with Gasteiger partial charge in [-0.05, 0) is 36.6 Å². The molecule has 0 spiro atoms. The van der Waals surface area contributed by atoms with Gasteiger partial charge < -0.3 is 24.9 Å². The fraction of sp³-hybridized carbons (Fsp3) is 0.444. The monoisotopic (exact) mass is 503 g/mol. The average Bonchev–Trinajstić information content (AvgIpc) is 3.37. The number of carbonyl (C=O) groups is 1. The van der Waals surface area contributed by atoms with Crippen LogP contribution in [0, 0.1) is 0 Å². The highest BCUT2D eigenvalue weighted by atomic mass is 127. The molecule has 0 aliphatic carbocycles. The summed E-state index contributed by atoms with van der Waals surface area (Å²) in [6.45, 7) is 6.98. The molecule has 1 amide bonds. The summed E-state index contributed by atoms with van der Waals surface area (Å²) in [6, 6.07) is 7.88. The van der Waals surface area contributed by atoms with Crippen LogP contribution in [0.25, 0.3) is 0 Å². The average molecular weight is 503 g/mol. The van der Waals surface area contributed by atoms with Crippen LogP contribution in [0.2, 0.25) is 0 Å². The van der Waals surface area contributed by atoms with Crippen LogP contribution in [-0.2, 0) is 11.3 Å². The van der Waals surface area contributed by atoms with Gasteiger partial charge in [-0.3, -0.25) is 4.79 Å². The maximum Gasteiger partial charge on any atom is 0.242 e. The number of halogens is 1. The largest absolute Gasteiger partial charge is 0.467 e. The number of amides is 1. The molecule has 2 aromatic rings. The van der Waals surface area contributed by atoms with Gasteiger partial charge in [0.25, 0.3) is 0 Å². The number of piperazine rings is 1. The third-order valence-corrected chi connectivity index (χ3v) is 5.07. The van der Waals surface area contributed by atoms with Gasteiger partial charge in [0.05, 0.1) is 17.8 Å². The number of nitrogens with one attached hydrogen (secondary N) is 2. The van der Waals surface area contributed by atoms with Crippen molar-refractivity contribution < 1.29 is 9.21 Å². The van der Waals surface area contributed by atoms with Crippen LogP contribution in [0.1, 0.15) is 12.7 Å². The van der Waals surface area contributed by atoms with Gasteiger partial charge in [-0.25, -0.2) is 4.99 Å². The summed E-state index contributed by atoms with van der Waals surface area (Å²) >= 11 is 1.77. The van der Waals surface area contributed by atoms with Gasteiger partial charge in [-0.2, -0.15) is 0 Å². The Morgan fingerprint density at radius 1 is 1.22 bits per heavy atom. The molecule has 3 heterocycles. The van der Waals surface area contributed by atoms with E-state index in [9.17, 15) is 4.79 Å². The Morgan fingerprint density at radius 3 is 2.67 bits per heavy atom. The first-order chi connectivity index (χ1) is 12.8. The summed E-state index contributed by atoms with van der Waals surface area (Å²) in [5.74, 6) is 1.42. The fourth-order valence-corrected chi connectivity index (χ4v) is 3.60. The molecule has 3 rings (SSSR count). The Balaban J connectivity index is 0.00000261. The van der Waals surface area contributed by atoms with Crippen molar-refractivity contribution in [1.82, 2.24) is 15.5 Å². The van der Waals surface area contributed by atoms with Crippen molar-refractivity contribution in [2.75, 3.05) is 44.2 Å². The molecule has 1 saturated heterocycles. The highest BCUT2D eigenvalue weighted by molar-refractivity contribution is 14.0. The fourth-order valence-electron chi connectivity index (χ4n) is 2.82. The van der Waals surface area contributed by atoms with Gasteiger partial charge >= 0.3 is 0 Å². The molecule has 0 atom stereocenters. The number of anilines is 1. The van der Waals surface area contributed by atoms with E-state index in [0.29, 0.717) is 6.54 Å². The number of hydrogen-bond donors (Lipinski definition) is 2. The number of furan rings is 1. The van der Waals surface area contributed by atoms with E-state index >= 15 is 0 Å². The maximum absolute atomic E-state index is 12.0. The predicted molar refractivity (Wildman–Crippen MR) is 120 cm³/mol. The Hall–Kier alpha value is -1.75. The number of hydrogen-bond acceptors (Lipinski definition) is 5. The molecule has 0 unspecified atom stereocenters. The molecule has 1 aliphatic rings. The van der Waals surface area contributed by atoms with Crippen LogP contribution in [0.15, 0.2) is 45.3 Å². The third-order valence-electron chi connectivity index (χ3n) is 4.14. The molecule has 7 nitrogen and oxygen atoms in total. The molecule has 0 saturated carbocycles. The summed E-state index contributed by atoms with van der Waals surface area (Å²) in [5, 5.41) is 9.52. The van der Waals surface area contributed by atoms with E-state index < -0.39 is 0 Å². The molecule has 1 fully saturated rings. The first kappa shape index (κ1) is 21.5. The number of carbonyl (C=O) groups excluding carboxylic acids is 1. The van der Waals surface area contributed by atoms with Gasteiger partial charge in [0.2, 0.25) is 5.91 Å². The van der Waals surface area contributed by atoms with Gasteiger partial charge in [0, 0.05) is 32.7 Å². The first-order valence-electron chi connectivity index (χ1n) is 8.87. The molecular weight excluding hydrogens is 477 g/mol. The lowest BCUT2D eigenvalue weighted by Gasteiger charge is -2.37. The van der Waals surface area contributed by atoms with E-state index in [1.807, 2.05) is 13.0 Å². The molecule has 148 valence electrons. The summed E-state index contributed by atoms with van der Waals surface area (Å²) in [4.78, 5) is 21.1. The van der Waals surface area contributed by atoms with Crippen molar-refractivity contribution in [2.45, 2.75) is 13.5 Å². The Bertz CT molecular complexity index is 697. The predicted octanol–water partition coefficient (Wildman–Crippen LogP) is 2.36. The zero-order valence-electron chi connectivity index (χ0n) is 15.4. The van der Waals surface area contributed by atoms with E-state index in [2.05, 4.69) is 42.9 Å². The van der Waals surface area contributed by atoms with E-state index in [1.54, 1.807) is 23.7 Å². The molecule has 27 heavy (non-hydrogen) atoms. The first-order valence-corrected chi connectivity index (χ1v) is 9.75. The third kappa shape index (κ3) is 6.42. The number of nitrogens with zero attached hydrogens (tertiary/aromatic N) is 3. The van der Waals surface area contributed by atoms with Crippen molar-refractivity contribution in [3.8, 4) is 0 Å². The second kappa shape index (κ2) is 11.2. The van der Waals surface area contributed by atoms with E-state index in [-0.39, 0.29) is 36.4 Å². The smallest absolute Gasteiger partial charge is 0.242 e. The van der Waals surface area contributed by atoms with Crippen LogP contribution < -0.4 is 15.5 Å². The van der Waals surface area contributed by atoms with E-state index in [1.165, 1.54) is 5.00 Å². The molecule has 0 radical (unpaired) electrons. The maximum atomic E-state index is 12.0. The standard InChI is InChI=1S/C18H25N5O2S.HI/c1-2-19-18(21-14-16(24)20-13-15-5-3-11-25-15)23-9-7-22(8-10-23)17-6-4-12-26-17;/h3-6,11-12H,2,7-10,13-14H2,1H3,(H,19,21)(H,20,24);1H. The minimum Gasteiger partial charge on any atom is -0.467 e. The topological polar surface area (TPSA) is 73.1 Å². The van der Waals surface area contributed by atoms with Crippen LogP contribution in [-0.4, -0.2) is 56.0 Å². The summed E-state index contributed by atoms with van der Waals surface area (Å²) < 4.78 is 5.21. The molecular formula is C18H26IN5O2S. The zero-order valence-corrected chi connectivity index (χ0v) is 18.5. The molecule has 9 heteroatoms. The molecule has 1 aliphatic heterocycles. The van der Waals surface area contributed by atoms with Gasteiger partial charge in [-0.15, -0.1) is 35.3 Å². The lowest BCUT2D eigenvalue weighted by atomic mass is 10.3. The summed E-state index contributed by atoms with van der Waals surface area (Å²) in [5.41, 5.74) is 0. The van der Waals surface area contributed by atoms with Gasteiger partial charge in [-0.1, -0.05) is 0 Å². The van der Waals surface area contributed by atoms with Gasteiger partial charge in [0.15, 0.2) is 5.96 Å². The Morgan fingerprint density at radius 2 is 2.04 bits per heavy atom. The number of aliphatic imine (C=N–C) groups is 1. The van der Waals surface area contributed by atoms with Crippen molar-refractivity contribution in [2.24, 2.45) is 4.99 Å². The lowest BCUT2D eigenvalue weighted by molar-refractivity contribution is -0.119. The van der Waals surface area contributed by atoms with Crippen LogP contribution >= 0.6 is 35.3 Å². The normalized spacial score (nSPS) is 14.6. The highest BCUT2D eigenvalue weighted by Gasteiger charge is 2.20. The van der Waals surface area contributed by atoms with E-state index in [0.717, 1.165) is 44.4 Å². The van der Waals surface area contributed by atoms with Crippen LogP contribution in [0.3, 0.4) is 0 Å². The highest BCUT2D eigenvalue weighted by Crippen LogP contribution is 2.22. The second-order valence-electron chi connectivity index (χ2n) is 5.95. The van der Waals surface area contributed by atoms with Crippen molar-refractivity contribution in [1.29, 1.82) is 0 Å². The number of thiophene rings is 1. The summed E-state index contributed by atoms with van der Waals surface area (Å²) in [6.07, 6.45) is 1.60. The lowest BCUT2D eigenvalue weighted by Crippen LogP contribution is -2.52. The molecule has 0 bridgehead atoms. The SMILES string of the molecule is CCNC(=NCC(=O)NCc1ccco1)N1CCN(c2cccs2)CC1.I. The van der Waals surface area contributed by atoms with Crippen LogP contribution in [0.4, 0.5) is 5.00 Å². The van der Waals surface area contributed by atoms with E-state index in [4.69, 9.17) is 4.42 Å². The summed E-state index contributed by atoms with van der Waals surface area (Å²) in [7, 11) is 0. The quantitative estimate of drug-likeness (QED) is 0.360. The van der Waals surface area contributed by atoms with Gasteiger partial charge in [0.1, 0.15) is 12.3 Å². The van der Waals surface area contributed by atoms with Crippen molar-refractivity contribution in [3.05, 3.63) is 41.7 Å². The van der Waals surface area contributed by atoms with Crippen LogP contribution in [0.5, 0.6) is 0 Å². The molecule has 0 aromatic carbocycles. The second-order valence-corrected chi connectivity index (χ2v) is 6.88. The zero-order chi connectivity index (χ0) is 18.2. The molecule has 2 aromatic heterocycles. The molecule has 2 N–H and O–H groups in total. The number of rotatable bonds is 6. The Labute approximate surface area is 180 Å².